The number of fused-ring (bicyclic) bond motifs is 1. The molecule has 2 aromatic carbocycles. The summed E-state index contributed by atoms with van der Waals surface area (Å²) in [6, 6.07) is 16.4. The standard InChI is InChI=1S/C24H24N2O2S2/c1-3-26-23(27)22(30-24(26)29)15-18-16-25(20-11-6-5-10-19(18)20)13-8-14-28-21-12-7-4-9-17(21)2/h4-7,9-12,15-16H,3,8,13-14H2,1-2H3/b22-15-. The lowest BCUT2D eigenvalue weighted by Crippen LogP contribution is -2.27. The molecular formula is C24H24N2O2S2. The summed E-state index contributed by atoms with van der Waals surface area (Å²) in [5, 5.41) is 1.14. The van der Waals surface area contributed by atoms with Crippen LogP contribution in [0.2, 0.25) is 0 Å². The van der Waals surface area contributed by atoms with E-state index in [1.807, 2.05) is 43.3 Å². The first-order valence-electron chi connectivity index (χ1n) is 10.1. The zero-order valence-electron chi connectivity index (χ0n) is 17.1. The molecule has 2 heterocycles. The van der Waals surface area contributed by atoms with E-state index in [9.17, 15) is 4.79 Å². The van der Waals surface area contributed by atoms with Gasteiger partial charge >= 0.3 is 0 Å². The zero-order chi connectivity index (χ0) is 21.1. The van der Waals surface area contributed by atoms with Crippen LogP contribution in [0.4, 0.5) is 0 Å². The number of carbonyl (C=O) groups excluding carboxylic acids is 1. The van der Waals surface area contributed by atoms with Crippen molar-refractivity contribution >= 4 is 51.2 Å². The van der Waals surface area contributed by atoms with Crippen LogP contribution in [-0.2, 0) is 11.3 Å². The number of likely N-dealkylation sites (N-methyl/N-ethyl adjacent to an activating group) is 1. The summed E-state index contributed by atoms with van der Waals surface area (Å²) in [6.45, 7) is 6.10. The smallest absolute Gasteiger partial charge is 0.266 e. The van der Waals surface area contributed by atoms with E-state index in [0.29, 0.717) is 22.4 Å². The number of para-hydroxylation sites is 2. The Morgan fingerprint density at radius 3 is 2.67 bits per heavy atom. The first kappa shape index (κ1) is 20.7. The highest BCUT2D eigenvalue weighted by Gasteiger charge is 2.30. The number of rotatable bonds is 7. The van der Waals surface area contributed by atoms with Gasteiger partial charge in [-0.05, 0) is 44.0 Å². The number of carbonyl (C=O) groups is 1. The van der Waals surface area contributed by atoms with Gasteiger partial charge in [0.05, 0.1) is 11.5 Å². The predicted molar refractivity (Wildman–Crippen MR) is 129 cm³/mol. The maximum absolute atomic E-state index is 12.6. The molecular weight excluding hydrogens is 412 g/mol. The van der Waals surface area contributed by atoms with E-state index in [4.69, 9.17) is 17.0 Å². The Morgan fingerprint density at radius 1 is 1.13 bits per heavy atom. The monoisotopic (exact) mass is 436 g/mol. The molecule has 1 amide bonds. The second kappa shape index (κ2) is 9.06. The van der Waals surface area contributed by atoms with Crippen LogP contribution < -0.4 is 4.74 Å². The lowest BCUT2D eigenvalue weighted by Gasteiger charge is -2.09. The third kappa shape index (κ3) is 4.16. The van der Waals surface area contributed by atoms with Crippen LogP contribution in [0.5, 0.6) is 5.75 Å². The molecule has 3 aromatic rings. The first-order valence-corrected chi connectivity index (χ1v) is 11.3. The number of ether oxygens (including phenoxy) is 1. The summed E-state index contributed by atoms with van der Waals surface area (Å²) < 4.78 is 8.81. The van der Waals surface area contributed by atoms with Crippen LogP contribution in [0.15, 0.2) is 59.6 Å². The van der Waals surface area contributed by atoms with Crippen molar-refractivity contribution in [2.24, 2.45) is 0 Å². The van der Waals surface area contributed by atoms with Gasteiger partial charge in [0.25, 0.3) is 5.91 Å². The maximum atomic E-state index is 12.6. The lowest BCUT2D eigenvalue weighted by atomic mass is 10.1. The van der Waals surface area contributed by atoms with Gasteiger partial charge in [0.1, 0.15) is 10.1 Å². The Hall–Kier alpha value is -2.57. The average Bonchev–Trinajstić information content (AvgIpc) is 3.23. The second-order valence-corrected chi connectivity index (χ2v) is 8.86. The number of aryl methyl sites for hydroxylation is 2. The molecule has 0 N–H and O–H groups in total. The number of benzene rings is 2. The van der Waals surface area contributed by atoms with Crippen molar-refractivity contribution in [3.63, 3.8) is 0 Å². The minimum atomic E-state index is -0.00374. The van der Waals surface area contributed by atoms with E-state index in [1.165, 1.54) is 11.8 Å². The molecule has 0 unspecified atom stereocenters. The minimum Gasteiger partial charge on any atom is -0.493 e. The highest BCUT2D eigenvalue weighted by molar-refractivity contribution is 8.26. The molecule has 0 atom stereocenters. The van der Waals surface area contributed by atoms with Gasteiger partial charge in [0.2, 0.25) is 0 Å². The van der Waals surface area contributed by atoms with Crippen LogP contribution in [-0.4, -0.2) is 32.8 Å². The van der Waals surface area contributed by atoms with Crippen LogP contribution >= 0.6 is 24.0 Å². The summed E-state index contributed by atoms with van der Waals surface area (Å²) in [6.07, 6.45) is 4.99. The lowest BCUT2D eigenvalue weighted by molar-refractivity contribution is -0.121. The molecule has 1 aliphatic rings. The first-order chi connectivity index (χ1) is 14.6. The highest BCUT2D eigenvalue weighted by atomic mass is 32.2. The Balaban J connectivity index is 1.51. The fourth-order valence-electron chi connectivity index (χ4n) is 3.62. The third-order valence-electron chi connectivity index (χ3n) is 5.19. The maximum Gasteiger partial charge on any atom is 0.266 e. The molecule has 4 rings (SSSR count). The summed E-state index contributed by atoms with van der Waals surface area (Å²) in [5.41, 5.74) is 3.35. The van der Waals surface area contributed by atoms with Gasteiger partial charge in [-0.25, -0.2) is 0 Å². The fraction of sp³-hybridized carbons (Fsp3) is 0.250. The van der Waals surface area contributed by atoms with Gasteiger partial charge in [-0.2, -0.15) is 0 Å². The van der Waals surface area contributed by atoms with Crippen molar-refractivity contribution in [3.8, 4) is 5.75 Å². The summed E-state index contributed by atoms with van der Waals surface area (Å²) in [5.74, 6) is 0.935. The summed E-state index contributed by atoms with van der Waals surface area (Å²) in [4.78, 5) is 14.9. The Bertz CT molecular complexity index is 1130. The molecule has 0 aliphatic carbocycles. The molecule has 1 aromatic heterocycles. The molecule has 0 bridgehead atoms. The number of hydrogen-bond acceptors (Lipinski definition) is 4. The number of hydrogen-bond donors (Lipinski definition) is 0. The van der Waals surface area contributed by atoms with Crippen LogP contribution in [0.1, 0.15) is 24.5 Å². The van der Waals surface area contributed by atoms with E-state index in [1.54, 1.807) is 4.90 Å². The Labute approximate surface area is 186 Å². The van der Waals surface area contributed by atoms with Crippen LogP contribution in [0, 0.1) is 6.92 Å². The van der Waals surface area contributed by atoms with Crippen molar-refractivity contribution < 1.29 is 9.53 Å². The molecule has 4 nitrogen and oxygen atoms in total. The van der Waals surface area contributed by atoms with E-state index in [0.717, 1.165) is 40.7 Å². The average molecular weight is 437 g/mol. The molecule has 1 saturated heterocycles. The van der Waals surface area contributed by atoms with E-state index < -0.39 is 0 Å². The highest BCUT2D eigenvalue weighted by Crippen LogP contribution is 2.34. The molecule has 6 heteroatoms. The Morgan fingerprint density at radius 2 is 1.90 bits per heavy atom. The number of nitrogens with zero attached hydrogens (tertiary/aromatic N) is 2. The molecule has 30 heavy (non-hydrogen) atoms. The number of amides is 1. The van der Waals surface area contributed by atoms with Gasteiger partial charge in [0.15, 0.2) is 0 Å². The third-order valence-corrected chi connectivity index (χ3v) is 6.57. The predicted octanol–water partition coefficient (Wildman–Crippen LogP) is 5.64. The molecule has 0 spiro atoms. The molecule has 1 fully saturated rings. The molecule has 0 radical (unpaired) electrons. The van der Waals surface area contributed by atoms with Crippen molar-refractivity contribution in [3.05, 3.63) is 70.8 Å². The van der Waals surface area contributed by atoms with Gasteiger partial charge in [-0.15, -0.1) is 0 Å². The van der Waals surface area contributed by atoms with Crippen molar-refractivity contribution in [1.82, 2.24) is 9.47 Å². The zero-order valence-corrected chi connectivity index (χ0v) is 18.8. The molecule has 1 aliphatic heterocycles. The minimum absolute atomic E-state index is 0.00374. The van der Waals surface area contributed by atoms with Crippen LogP contribution in [0.3, 0.4) is 0 Å². The quantitative estimate of drug-likeness (QED) is 0.273. The van der Waals surface area contributed by atoms with Gasteiger partial charge in [0, 0.05) is 35.8 Å². The Kier molecular flexibility index (Phi) is 6.25. The largest absolute Gasteiger partial charge is 0.493 e. The van der Waals surface area contributed by atoms with Crippen molar-refractivity contribution in [2.75, 3.05) is 13.2 Å². The SMILES string of the molecule is CCN1C(=O)/C(=C/c2cn(CCCOc3ccccc3C)c3ccccc23)SC1=S. The van der Waals surface area contributed by atoms with Crippen molar-refractivity contribution in [2.45, 2.75) is 26.8 Å². The van der Waals surface area contributed by atoms with Gasteiger partial charge in [-0.1, -0.05) is 60.4 Å². The topological polar surface area (TPSA) is 34.5 Å². The van der Waals surface area contributed by atoms with E-state index in [2.05, 4.69) is 35.9 Å². The number of aromatic nitrogens is 1. The van der Waals surface area contributed by atoms with E-state index >= 15 is 0 Å². The molecule has 154 valence electrons. The second-order valence-electron chi connectivity index (χ2n) is 7.19. The summed E-state index contributed by atoms with van der Waals surface area (Å²) in [7, 11) is 0. The van der Waals surface area contributed by atoms with Gasteiger partial charge < -0.3 is 9.30 Å². The van der Waals surface area contributed by atoms with Gasteiger partial charge in [-0.3, -0.25) is 9.69 Å². The van der Waals surface area contributed by atoms with E-state index in [-0.39, 0.29) is 5.91 Å². The number of thiocarbonyl (C=S) groups is 1. The van der Waals surface area contributed by atoms with Crippen molar-refractivity contribution in [1.29, 1.82) is 0 Å². The normalized spacial score (nSPS) is 15.5. The molecule has 0 saturated carbocycles. The summed E-state index contributed by atoms with van der Waals surface area (Å²) >= 11 is 6.72. The fourth-order valence-corrected chi connectivity index (χ4v) is 5.00. The van der Waals surface area contributed by atoms with Crippen LogP contribution in [0.25, 0.3) is 17.0 Å². The number of thioether (sulfide) groups is 1.